The van der Waals surface area contributed by atoms with E-state index in [1.165, 1.54) is 25.7 Å². The van der Waals surface area contributed by atoms with Crippen molar-refractivity contribution in [3.05, 3.63) is 24.0 Å². The lowest BCUT2D eigenvalue weighted by molar-refractivity contribution is -0.136. The van der Waals surface area contributed by atoms with Crippen LogP contribution in [0.15, 0.2) is 18.3 Å². The zero-order valence-corrected chi connectivity index (χ0v) is 10.5. The SMILES string of the molecule is O=C(O)Cc1cn2nc(NC3CCCC3)ccc2n1. The van der Waals surface area contributed by atoms with Crippen molar-refractivity contribution in [2.24, 2.45) is 0 Å². The molecule has 0 amide bonds. The monoisotopic (exact) mass is 260 g/mol. The summed E-state index contributed by atoms with van der Waals surface area (Å²) in [4.78, 5) is 14.9. The van der Waals surface area contributed by atoms with Gasteiger partial charge in [0.15, 0.2) is 5.65 Å². The van der Waals surface area contributed by atoms with Crippen LogP contribution in [0.1, 0.15) is 31.4 Å². The summed E-state index contributed by atoms with van der Waals surface area (Å²) in [6, 6.07) is 4.26. The standard InChI is InChI=1S/C13H16N4O2/c18-13(19)7-10-8-17-12(15-10)6-5-11(16-17)14-9-3-1-2-4-9/h5-6,8-9H,1-4,7H2,(H,14,16)(H,18,19). The molecule has 2 aromatic heterocycles. The lowest BCUT2D eigenvalue weighted by atomic mass is 10.2. The highest BCUT2D eigenvalue weighted by Crippen LogP contribution is 2.21. The summed E-state index contributed by atoms with van der Waals surface area (Å²) < 4.78 is 1.63. The van der Waals surface area contributed by atoms with Crippen LogP contribution in [0.25, 0.3) is 5.65 Å². The fourth-order valence-electron chi connectivity index (χ4n) is 2.53. The van der Waals surface area contributed by atoms with Gasteiger partial charge in [-0.15, -0.1) is 5.10 Å². The van der Waals surface area contributed by atoms with Gasteiger partial charge in [0.25, 0.3) is 0 Å². The van der Waals surface area contributed by atoms with Crippen LogP contribution in [0.2, 0.25) is 0 Å². The summed E-state index contributed by atoms with van der Waals surface area (Å²) in [7, 11) is 0. The number of carboxylic acids is 1. The van der Waals surface area contributed by atoms with Crippen LogP contribution in [0.5, 0.6) is 0 Å². The number of nitrogens with one attached hydrogen (secondary N) is 1. The summed E-state index contributed by atoms with van der Waals surface area (Å²) in [5, 5.41) is 16.6. The Labute approximate surface area is 110 Å². The fraction of sp³-hybridized carbons (Fsp3) is 0.462. The molecule has 3 rings (SSSR count). The van der Waals surface area contributed by atoms with E-state index in [-0.39, 0.29) is 6.42 Å². The molecule has 1 aliphatic rings. The molecule has 0 spiro atoms. The molecule has 0 aromatic carbocycles. The topological polar surface area (TPSA) is 79.5 Å². The van der Waals surface area contributed by atoms with E-state index in [2.05, 4.69) is 15.4 Å². The van der Waals surface area contributed by atoms with Crippen LogP contribution in [0, 0.1) is 0 Å². The largest absolute Gasteiger partial charge is 0.481 e. The van der Waals surface area contributed by atoms with E-state index in [1.54, 1.807) is 10.7 Å². The van der Waals surface area contributed by atoms with Gasteiger partial charge >= 0.3 is 5.97 Å². The van der Waals surface area contributed by atoms with E-state index in [9.17, 15) is 4.79 Å². The molecule has 1 aliphatic carbocycles. The van der Waals surface area contributed by atoms with E-state index >= 15 is 0 Å². The number of hydrogen-bond donors (Lipinski definition) is 2. The number of imidazole rings is 1. The van der Waals surface area contributed by atoms with Gasteiger partial charge in [-0.1, -0.05) is 12.8 Å². The number of aliphatic carboxylic acids is 1. The second-order valence-electron chi connectivity index (χ2n) is 4.95. The molecule has 0 bridgehead atoms. The molecule has 0 unspecified atom stereocenters. The lowest BCUT2D eigenvalue weighted by Gasteiger charge is -2.11. The number of nitrogens with zero attached hydrogens (tertiary/aromatic N) is 3. The van der Waals surface area contributed by atoms with Gasteiger partial charge in [0.05, 0.1) is 18.3 Å². The molecule has 0 saturated heterocycles. The molecule has 2 aromatic rings. The van der Waals surface area contributed by atoms with Crippen LogP contribution >= 0.6 is 0 Å². The van der Waals surface area contributed by atoms with Crippen LogP contribution < -0.4 is 5.32 Å². The van der Waals surface area contributed by atoms with Crippen molar-refractivity contribution in [3.63, 3.8) is 0 Å². The van der Waals surface area contributed by atoms with Gasteiger partial charge in [0.2, 0.25) is 0 Å². The van der Waals surface area contributed by atoms with Gasteiger partial charge in [-0.05, 0) is 25.0 Å². The molecule has 6 heteroatoms. The minimum atomic E-state index is -0.882. The second-order valence-corrected chi connectivity index (χ2v) is 4.95. The van der Waals surface area contributed by atoms with E-state index in [1.807, 2.05) is 12.1 Å². The molecule has 1 fully saturated rings. The summed E-state index contributed by atoms with van der Waals surface area (Å²) in [6.45, 7) is 0. The normalized spacial score (nSPS) is 16.0. The van der Waals surface area contributed by atoms with Gasteiger partial charge in [0.1, 0.15) is 5.82 Å². The first-order valence-corrected chi connectivity index (χ1v) is 6.54. The van der Waals surface area contributed by atoms with Crippen LogP contribution in [-0.2, 0) is 11.2 Å². The van der Waals surface area contributed by atoms with E-state index < -0.39 is 5.97 Å². The average Bonchev–Trinajstić information content (AvgIpc) is 2.96. The van der Waals surface area contributed by atoms with Gasteiger partial charge in [-0.2, -0.15) is 0 Å². The second kappa shape index (κ2) is 4.87. The maximum absolute atomic E-state index is 10.7. The molecule has 100 valence electrons. The van der Waals surface area contributed by atoms with Crippen molar-refractivity contribution >= 4 is 17.4 Å². The summed E-state index contributed by atoms with van der Waals surface area (Å²) >= 11 is 0. The summed E-state index contributed by atoms with van der Waals surface area (Å²) in [6.07, 6.45) is 6.52. The molecular weight excluding hydrogens is 244 g/mol. The maximum Gasteiger partial charge on any atom is 0.309 e. The Hall–Kier alpha value is -2.11. The number of rotatable bonds is 4. The first kappa shape index (κ1) is 12.0. The van der Waals surface area contributed by atoms with E-state index in [4.69, 9.17) is 5.11 Å². The Morgan fingerprint density at radius 3 is 2.95 bits per heavy atom. The smallest absolute Gasteiger partial charge is 0.309 e. The molecule has 6 nitrogen and oxygen atoms in total. The Morgan fingerprint density at radius 2 is 2.21 bits per heavy atom. The summed E-state index contributed by atoms with van der Waals surface area (Å²) in [5.74, 6) is -0.0635. The molecule has 2 heterocycles. The van der Waals surface area contributed by atoms with Crippen molar-refractivity contribution in [1.29, 1.82) is 0 Å². The molecule has 0 atom stereocenters. The molecule has 1 saturated carbocycles. The molecule has 19 heavy (non-hydrogen) atoms. The average molecular weight is 260 g/mol. The molecular formula is C13H16N4O2. The number of fused-ring (bicyclic) bond motifs is 1. The highest BCUT2D eigenvalue weighted by molar-refractivity contribution is 5.69. The minimum Gasteiger partial charge on any atom is -0.481 e. The number of hydrogen-bond acceptors (Lipinski definition) is 4. The van der Waals surface area contributed by atoms with Gasteiger partial charge in [-0.25, -0.2) is 9.50 Å². The van der Waals surface area contributed by atoms with Crippen molar-refractivity contribution in [3.8, 4) is 0 Å². The highest BCUT2D eigenvalue weighted by Gasteiger charge is 2.15. The number of aromatic nitrogens is 3. The van der Waals surface area contributed by atoms with Crippen molar-refractivity contribution in [1.82, 2.24) is 14.6 Å². The Balaban J connectivity index is 1.81. The number of carboxylic acid groups (broad SMARTS) is 1. The fourth-order valence-corrected chi connectivity index (χ4v) is 2.53. The minimum absolute atomic E-state index is 0.0747. The van der Waals surface area contributed by atoms with Crippen molar-refractivity contribution in [2.45, 2.75) is 38.1 Å². The molecule has 0 aliphatic heterocycles. The molecule has 0 radical (unpaired) electrons. The summed E-state index contributed by atoms with van der Waals surface area (Å²) in [5.41, 5.74) is 1.20. The van der Waals surface area contributed by atoms with Gasteiger partial charge in [-0.3, -0.25) is 4.79 Å². The third-order valence-electron chi connectivity index (χ3n) is 3.41. The Kier molecular flexibility index (Phi) is 3.06. The molecule has 2 N–H and O–H groups in total. The number of carbonyl (C=O) groups is 1. The van der Waals surface area contributed by atoms with Crippen LogP contribution in [0.3, 0.4) is 0 Å². The quantitative estimate of drug-likeness (QED) is 0.874. The van der Waals surface area contributed by atoms with E-state index in [0.717, 1.165) is 5.82 Å². The third-order valence-corrected chi connectivity index (χ3v) is 3.41. The lowest BCUT2D eigenvalue weighted by Crippen LogP contribution is -2.16. The zero-order valence-electron chi connectivity index (χ0n) is 10.5. The predicted molar refractivity (Wildman–Crippen MR) is 70.2 cm³/mol. The highest BCUT2D eigenvalue weighted by atomic mass is 16.4. The first-order chi connectivity index (χ1) is 9.20. The van der Waals surface area contributed by atoms with Gasteiger partial charge in [0, 0.05) is 6.04 Å². The van der Waals surface area contributed by atoms with Gasteiger partial charge < -0.3 is 10.4 Å². The van der Waals surface area contributed by atoms with E-state index in [0.29, 0.717) is 17.4 Å². The van der Waals surface area contributed by atoms with Crippen molar-refractivity contribution < 1.29 is 9.90 Å². The zero-order chi connectivity index (χ0) is 13.2. The third kappa shape index (κ3) is 2.67. The first-order valence-electron chi connectivity index (χ1n) is 6.54. The van der Waals surface area contributed by atoms with Crippen LogP contribution in [0.4, 0.5) is 5.82 Å². The Bertz CT molecular complexity index is 602. The predicted octanol–water partition coefficient (Wildman–Crippen LogP) is 1.71. The van der Waals surface area contributed by atoms with Crippen molar-refractivity contribution in [2.75, 3.05) is 5.32 Å². The van der Waals surface area contributed by atoms with Crippen LogP contribution in [-0.4, -0.2) is 31.7 Å². The maximum atomic E-state index is 10.7. The number of anilines is 1. The Morgan fingerprint density at radius 1 is 1.42 bits per heavy atom.